The molecule has 212 valence electrons. The first-order valence-electron chi connectivity index (χ1n) is 12.8. The number of carbonyl (C=O) groups excluding carboxylic acids is 2. The van der Waals surface area contributed by atoms with Gasteiger partial charge in [-0.25, -0.2) is 4.83 Å². The maximum atomic E-state index is 13.4. The quantitative estimate of drug-likeness (QED) is 0.354. The lowest BCUT2D eigenvalue weighted by atomic mass is 9.61. The van der Waals surface area contributed by atoms with Gasteiger partial charge in [0.2, 0.25) is 0 Å². The zero-order valence-corrected chi connectivity index (χ0v) is 24.0. The van der Waals surface area contributed by atoms with E-state index in [1.807, 2.05) is 38.1 Å². The predicted molar refractivity (Wildman–Crippen MR) is 148 cm³/mol. The number of rotatable bonds is 9. The number of hydrogen-bond acceptors (Lipinski definition) is 9. The Morgan fingerprint density at radius 3 is 2.13 bits per heavy atom. The van der Waals surface area contributed by atoms with Gasteiger partial charge >= 0.3 is 11.9 Å². The summed E-state index contributed by atoms with van der Waals surface area (Å²) in [5.74, 6) is -4.60. The summed E-state index contributed by atoms with van der Waals surface area (Å²) in [5, 5.41) is 15.7. The van der Waals surface area contributed by atoms with Gasteiger partial charge in [0, 0.05) is 32.1 Å². The molecule has 0 heterocycles. The van der Waals surface area contributed by atoms with Crippen LogP contribution in [0.4, 0.5) is 5.69 Å². The van der Waals surface area contributed by atoms with E-state index in [-0.39, 0.29) is 30.2 Å². The van der Waals surface area contributed by atoms with Gasteiger partial charge in [-0.2, -0.15) is 13.5 Å². The highest BCUT2D eigenvalue weighted by Crippen LogP contribution is 2.47. The van der Waals surface area contributed by atoms with E-state index in [2.05, 4.69) is 9.93 Å². The van der Waals surface area contributed by atoms with Gasteiger partial charge in [0.1, 0.15) is 5.92 Å². The number of hydrogen-bond donors (Lipinski definition) is 2. The summed E-state index contributed by atoms with van der Waals surface area (Å²) in [7, 11) is -0.313. The zero-order valence-electron chi connectivity index (χ0n) is 23.2. The molecule has 4 atom stereocenters. The van der Waals surface area contributed by atoms with Gasteiger partial charge in [0.25, 0.3) is 10.0 Å². The van der Waals surface area contributed by atoms with E-state index in [1.54, 1.807) is 38.1 Å². The summed E-state index contributed by atoms with van der Waals surface area (Å²) in [4.78, 5) is 30.8. The summed E-state index contributed by atoms with van der Waals surface area (Å²) in [6, 6.07) is 13.4. The minimum Gasteiger partial charge on any atom is -0.466 e. The predicted octanol–water partition coefficient (Wildman–Crippen LogP) is 2.99. The highest BCUT2D eigenvalue weighted by atomic mass is 32.2. The van der Waals surface area contributed by atoms with Gasteiger partial charge in [-0.15, -0.1) is 0 Å². The first kappa shape index (κ1) is 30.1. The minimum absolute atomic E-state index is 0.00655. The van der Waals surface area contributed by atoms with Crippen LogP contribution in [0.1, 0.15) is 44.2 Å². The first-order valence-corrected chi connectivity index (χ1v) is 14.3. The number of aryl methyl sites for hydroxylation is 1. The second-order valence-corrected chi connectivity index (χ2v) is 11.7. The van der Waals surface area contributed by atoms with Gasteiger partial charge in [-0.05, 0) is 57.5 Å². The average molecular weight is 560 g/mol. The highest BCUT2D eigenvalue weighted by molar-refractivity contribution is 7.89. The number of nitrogens with one attached hydrogen (secondary N) is 1. The number of ether oxygens (including phenoxy) is 2. The molecule has 2 aromatic carbocycles. The summed E-state index contributed by atoms with van der Waals surface area (Å²) >= 11 is 0. The van der Waals surface area contributed by atoms with Crippen LogP contribution in [0, 0.1) is 18.8 Å². The van der Waals surface area contributed by atoms with Gasteiger partial charge in [-0.3, -0.25) is 9.59 Å². The van der Waals surface area contributed by atoms with Crippen molar-refractivity contribution in [3.05, 3.63) is 59.7 Å². The molecule has 3 rings (SSSR count). The Labute approximate surface area is 230 Å². The van der Waals surface area contributed by atoms with E-state index >= 15 is 0 Å². The van der Waals surface area contributed by atoms with Crippen LogP contribution in [-0.4, -0.2) is 64.1 Å². The summed E-state index contributed by atoms with van der Waals surface area (Å²) in [5.41, 5.74) is 0.691. The summed E-state index contributed by atoms with van der Waals surface area (Å²) in [6.45, 7) is 6.75. The molecule has 1 fully saturated rings. The Kier molecular flexibility index (Phi) is 9.39. The molecular formula is C28H37N3O7S. The maximum absolute atomic E-state index is 13.4. The normalized spacial score (nSPS) is 24.2. The molecule has 1 aliphatic rings. The van der Waals surface area contributed by atoms with Gasteiger partial charge in [0.05, 0.1) is 35.3 Å². The molecule has 11 heteroatoms. The molecule has 0 radical (unpaired) electrons. The van der Waals surface area contributed by atoms with E-state index in [0.29, 0.717) is 5.56 Å². The Morgan fingerprint density at radius 1 is 1.03 bits per heavy atom. The minimum atomic E-state index is -4.08. The van der Waals surface area contributed by atoms with Gasteiger partial charge in [0.15, 0.2) is 0 Å². The van der Waals surface area contributed by atoms with E-state index in [9.17, 15) is 23.1 Å². The smallest absolute Gasteiger partial charge is 0.315 e. The van der Waals surface area contributed by atoms with Crippen LogP contribution in [0.2, 0.25) is 0 Å². The van der Waals surface area contributed by atoms with Crippen molar-refractivity contribution >= 4 is 33.4 Å². The summed E-state index contributed by atoms with van der Waals surface area (Å²) < 4.78 is 36.7. The zero-order chi connectivity index (χ0) is 29.0. The molecule has 10 nitrogen and oxygen atoms in total. The molecule has 1 saturated carbocycles. The molecule has 0 spiro atoms. The van der Waals surface area contributed by atoms with Crippen molar-refractivity contribution in [1.82, 2.24) is 4.83 Å². The first-order chi connectivity index (χ1) is 18.3. The van der Waals surface area contributed by atoms with Crippen molar-refractivity contribution in [2.75, 3.05) is 32.2 Å². The Hall–Kier alpha value is -3.44. The third kappa shape index (κ3) is 6.77. The molecule has 1 aliphatic carbocycles. The molecule has 0 amide bonds. The fourth-order valence-corrected chi connectivity index (χ4v) is 5.74. The van der Waals surface area contributed by atoms with Crippen molar-refractivity contribution in [2.45, 2.75) is 50.5 Å². The standard InChI is InChI=1S/C28H37N3O7S/c1-7-37-26(32)24-22(29-30-39(35,36)21-15-9-18(3)10-16-21)17-28(4,34)25(27(33)38-8-2)23(24)19-11-13-20(14-12-19)31(5)6/h9-16,23-25,30,34H,7-8,17H2,1-6H3/b29-22-/t23-,24+,25-,28-/m0/s1. The van der Waals surface area contributed by atoms with E-state index in [4.69, 9.17) is 9.47 Å². The van der Waals surface area contributed by atoms with Crippen molar-refractivity contribution < 1.29 is 32.6 Å². The van der Waals surface area contributed by atoms with Gasteiger partial charge in [-0.1, -0.05) is 29.8 Å². The fourth-order valence-electron chi connectivity index (χ4n) is 4.90. The van der Waals surface area contributed by atoms with Crippen LogP contribution in [0.15, 0.2) is 58.5 Å². The van der Waals surface area contributed by atoms with Crippen molar-refractivity contribution in [1.29, 1.82) is 0 Å². The lowest BCUT2D eigenvalue weighted by Crippen LogP contribution is -2.55. The van der Waals surface area contributed by atoms with Crippen LogP contribution in [0.25, 0.3) is 0 Å². The maximum Gasteiger partial charge on any atom is 0.315 e. The third-order valence-electron chi connectivity index (χ3n) is 6.80. The molecule has 0 aliphatic heterocycles. The number of sulfonamides is 1. The molecule has 2 N–H and O–H groups in total. The monoisotopic (exact) mass is 559 g/mol. The van der Waals surface area contributed by atoms with E-state index < -0.39 is 45.3 Å². The molecule has 0 unspecified atom stereocenters. The number of aliphatic hydroxyl groups is 1. The molecule has 0 bridgehead atoms. The van der Waals surface area contributed by atoms with Crippen molar-refractivity contribution in [3.63, 3.8) is 0 Å². The number of anilines is 1. The van der Waals surface area contributed by atoms with E-state index in [0.717, 1.165) is 11.3 Å². The second-order valence-electron chi connectivity index (χ2n) is 10.0. The van der Waals surface area contributed by atoms with E-state index in [1.165, 1.54) is 19.1 Å². The number of hydrazone groups is 1. The lowest BCUT2D eigenvalue weighted by molar-refractivity contribution is -0.163. The number of benzene rings is 2. The fraction of sp³-hybridized carbons (Fsp3) is 0.464. The third-order valence-corrected chi connectivity index (χ3v) is 8.03. The SMILES string of the molecule is CCOC(=O)[C@@H]1/C(=N\NS(=O)(=O)c2ccc(C)cc2)C[C@](C)(O)[C@H](C(=O)OCC)[C@H]1c1ccc(N(C)C)cc1. The highest BCUT2D eigenvalue weighted by Gasteiger charge is 2.56. The number of carbonyl (C=O) groups is 2. The molecule has 2 aromatic rings. The average Bonchev–Trinajstić information content (AvgIpc) is 2.87. The van der Waals surface area contributed by atoms with Crippen molar-refractivity contribution in [2.24, 2.45) is 16.9 Å². The Morgan fingerprint density at radius 2 is 1.59 bits per heavy atom. The molecule has 0 saturated heterocycles. The second kappa shape index (κ2) is 12.2. The van der Waals surface area contributed by atoms with Crippen LogP contribution in [0.3, 0.4) is 0 Å². The lowest BCUT2D eigenvalue weighted by Gasteiger charge is -2.45. The van der Waals surface area contributed by atoms with Crippen LogP contribution < -0.4 is 9.73 Å². The summed E-state index contributed by atoms with van der Waals surface area (Å²) in [6.07, 6.45) is -0.261. The van der Waals surface area contributed by atoms with Crippen LogP contribution in [0.5, 0.6) is 0 Å². The molecule has 39 heavy (non-hydrogen) atoms. The number of esters is 2. The number of nitrogens with zero attached hydrogens (tertiary/aromatic N) is 2. The van der Waals surface area contributed by atoms with Gasteiger partial charge < -0.3 is 19.5 Å². The molecular weight excluding hydrogens is 522 g/mol. The topological polar surface area (TPSA) is 135 Å². The van der Waals surface area contributed by atoms with Crippen molar-refractivity contribution in [3.8, 4) is 0 Å². The largest absolute Gasteiger partial charge is 0.466 e. The molecule has 0 aromatic heterocycles. The van der Waals surface area contributed by atoms with Crippen LogP contribution >= 0.6 is 0 Å². The Balaban J connectivity index is 2.16. The van der Waals surface area contributed by atoms with Crippen LogP contribution in [-0.2, 0) is 29.1 Å². The Bertz CT molecular complexity index is 1300.